The Morgan fingerprint density at radius 3 is 2.60 bits per heavy atom. The van der Waals surface area contributed by atoms with E-state index in [1.807, 2.05) is 57.5 Å². The predicted octanol–water partition coefficient (Wildman–Crippen LogP) is 2.67. The molecule has 0 saturated carbocycles. The number of nitrogens with one attached hydrogen (secondary N) is 1. The summed E-state index contributed by atoms with van der Waals surface area (Å²) >= 11 is 1.59. The van der Waals surface area contributed by atoms with E-state index >= 15 is 0 Å². The Kier molecular flexibility index (Phi) is 10.9. The molecule has 2 amide bonds. The fourth-order valence-electron chi connectivity index (χ4n) is 5.68. The minimum Gasteiger partial charge on any atom is -0.391 e. The summed E-state index contributed by atoms with van der Waals surface area (Å²) in [7, 11) is 1.63. The fourth-order valence-corrected chi connectivity index (χ4v) is 6.49. The molecule has 11 heteroatoms. The first-order chi connectivity index (χ1) is 20.0. The van der Waals surface area contributed by atoms with Crippen LogP contribution < -0.4 is 5.32 Å². The van der Waals surface area contributed by atoms with Gasteiger partial charge in [-0.2, -0.15) is 0 Å². The van der Waals surface area contributed by atoms with Crippen LogP contribution in [0.3, 0.4) is 0 Å². The van der Waals surface area contributed by atoms with Gasteiger partial charge >= 0.3 is 0 Å². The number of amides is 2. The second-order valence-corrected chi connectivity index (χ2v) is 13.1. The number of morpholine rings is 1. The van der Waals surface area contributed by atoms with Crippen molar-refractivity contribution in [3.05, 3.63) is 41.0 Å². The van der Waals surface area contributed by atoms with Crippen LogP contribution in [0.25, 0.3) is 10.4 Å². The lowest BCUT2D eigenvalue weighted by molar-refractivity contribution is -0.148. The minimum atomic E-state index is -0.806. The number of aromatic nitrogens is 1. The first-order valence-electron chi connectivity index (χ1n) is 14.6. The monoisotopic (exact) mass is 600 g/mol. The number of aliphatic hydroxyl groups excluding tert-OH is 1. The Morgan fingerprint density at radius 1 is 1.21 bits per heavy atom. The largest absolute Gasteiger partial charge is 0.391 e. The Balaban J connectivity index is 1.42. The second kappa shape index (κ2) is 14.2. The van der Waals surface area contributed by atoms with E-state index in [4.69, 9.17) is 9.47 Å². The molecule has 2 aromatic rings. The van der Waals surface area contributed by atoms with Gasteiger partial charge in [-0.1, -0.05) is 45.0 Å². The smallest absolute Gasteiger partial charge is 0.243 e. The third kappa shape index (κ3) is 7.82. The highest BCUT2D eigenvalue weighted by atomic mass is 32.1. The van der Waals surface area contributed by atoms with E-state index in [1.54, 1.807) is 18.4 Å². The molecule has 0 spiro atoms. The third-order valence-electron chi connectivity index (χ3n) is 8.24. The molecule has 2 aliphatic heterocycles. The number of carbonyl (C=O) groups excluding carboxylic acids is 3. The van der Waals surface area contributed by atoms with Crippen molar-refractivity contribution in [3.8, 4) is 10.4 Å². The zero-order valence-electron chi connectivity index (χ0n) is 25.3. The third-order valence-corrected chi connectivity index (χ3v) is 9.21. The van der Waals surface area contributed by atoms with Crippen molar-refractivity contribution in [2.24, 2.45) is 11.3 Å². The topological polar surface area (TPSA) is 121 Å². The summed E-state index contributed by atoms with van der Waals surface area (Å²) in [6.45, 7) is 10.7. The number of β-amino-alcohol motifs (C(OH)–C–C–N with tert-alkyl or cyclic N) is 1. The molecular formula is C31H44N4O6S. The van der Waals surface area contributed by atoms with Gasteiger partial charge in [0, 0.05) is 52.0 Å². The molecule has 10 nitrogen and oxygen atoms in total. The van der Waals surface area contributed by atoms with Crippen LogP contribution >= 0.6 is 11.3 Å². The number of rotatable bonds is 11. The average Bonchev–Trinajstić information content (AvgIpc) is 3.58. The van der Waals surface area contributed by atoms with Crippen molar-refractivity contribution in [1.29, 1.82) is 0 Å². The molecule has 2 N–H and O–H groups in total. The van der Waals surface area contributed by atoms with Gasteiger partial charge in [0.1, 0.15) is 6.04 Å². The molecule has 4 rings (SSSR count). The van der Waals surface area contributed by atoms with Crippen LogP contribution in [-0.2, 0) is 30.4 Å². The summed E-state index contributed by atoms with van der Waals surface area (Å²) < 4.78 is 10.8. The molecule has 0 unspecified atom stereocenters. The van der Waals surface area contributed by atoms with Crippen molar-refractivity contribution in [2.75, 3.05) is 46.6 Å². The standard InChI is InChI=1S/C31H44N4O6S/c1-20-28(42-19-33-20)22-8-6-21(7-9-22)16-32-29(38)25-14-23(36)17-35(25)30(39)24(31(2,3)4)15-27(37)26-18-41-13-11-34(26)10-12-40-5/h6-9,19,23-26,36H,10-18H2,1-5H3,(H,32,38)/t23-,24-,25+,26-/m1/s1. The molecule has 2 saturated heterocycles. The van der Waals surface area contributed by atoms with E-state index in [2.05, 4.69) is 15.2 Å². The summed E-state index contributed by atoms with van der Waals surface area (Å²) in [4.78, 5) is 49.8. The van der Waals surface area contributed by atoms with Crippen LogP contribution in [0.5, 0.6) is 0 Å². The summed E-state index contributed by atoms with van der Waals surface area (Å²) in [5.74, 6) is -1.30. The van der Waals surface area contributed by atoms with Crippen LogP contribution in [0.4, 0.5) is 0 Å². The highest BCUT2D eigenvalue weighted by molar-refractivity contribution is 7.13. The number of aliphatic hydroxyl groups is 1. The number of likely N-dealkylation sites (tertiary alicyclic amines) is 1. The lowest BCUT2D eigenvalue weighted by Gasteiger charge is -2.38. The van der Waals surface area contributed by atoms with Crippen molar-refractivity contribution in [1.82, 2.24) is 20.1 Å². The molecule has 0 radical (unpaired) electrons. The number of hydrogen-bond donors (Lipinski definition) is 2. The lowest BCUT2D eigenvalue weighted by atomic mass is 9.76. The van der Waals surface area contributed by atoms with Crippen LogP contribution in [0, 0.1) is 18.3 Å². The summed E-state index contributed by atoms with van der Waals surface area (Å²) in [5.41, 5.74) is 4.27. The van der Waals surface area contributed by atoms with Gasteiger partial charge in [-0.05, 0) is 23.5 Å². The molecule has 2 fully saturated rings. The van der Waals surface area contributed by atoms with Crippen LogP contribution in [0.2, 0.25) is 0 Å². The molecule has 230 valence electrons. The first-order valence-corrected chi connectivity index (χ1v) is 15.5. The van der Waals surface area contributed by atoms with Gasteiger partial charge < -0.3 is 24.8 Å². The van der Waals surface area contributed by atoms with Gasteiger partial charge in [0.15, 0.2) is 5.78 Å². The quantitative estimate of drug-likeness (QED) is 0.404. The average molecular weight is 601 g/mol. The number of nitrogens with zero attached hydrogens (tertiary/aromatic N) is 3. The maximum absolute atomic E-state index is 14.0. The van der Waals surface area contributed by atoms with Crippen molar-refractivity contribution in [2.45, 2.75) is 65.3 Å². The van der Waals surface area contributed by atoms with Crippen LogP contribution in [-0.4, -0.2) is 102 Å². The van der Waals surface area contributed by atoms with Gasteiger partial charge in [-0.3, -0.25) is 19.3 Å². The molecule has 2 aliphatic rings. The van der Waals surface area contributed by atoms with E-state index in [1.165, 1.54) is 4.90 Å². The number of aryl methyl sites for hydroxylation is 1. The zero-order valence-corrected chi connectivity index (χ0v) is 26.1. The zero-order chi connectivity index (χ0) is 30.4. The number of hydrogen-bond acceptors (Lipinski definition) is 9. The number of thiazole rings is 1. The van der Waals surface area contributed by atoms with Crippen LogP contribution in [0.15, 0.2) is 29.8 Å². The first kappa shape index (κ1) is 32.2. The van der Waals surface area contributed by atoms with Crippen molar-refractivity contribution < 1.29 is 29.0 Å². The van der Waals surface area contributed by atoms with E-state index in [-0.39, 0.29) is 43.6 Å². The predicted molar refractivity (Wildman–Crippen MR) is 161 cm³/mol. The van der Waals surface area contributed by atoms with Gasteiger partial charge in [0.25, 0.3) is 0 Å². The number of Topliss-reactive ketones (excluding diaryl/α,β-unsaturated/α-hetero) is 1. The van der Waals surface area contributed by atoms with Crippen molar-refractivity contribution >= 4 is 28.9 Å². The lowest BCUT2D eigenvalue weighted by Crippen LogP contribution is -2.53. The molecule has 42 heavy (non-hydrogen) atoms. The van der Waals surface area contributed by atoms with Gasteiger partial charge in [-0.15, -0.1) is 11.3 Å². The molecular weight excluding hydrogens is 556 g/mol. The Hall–Kier alpha value is -2.70. The number of carbonyl (C=O) groups is 3. The maximum Gasteiger partial charge on any atom is 0.243 e. The molecule has 1 aromatic heterocycles. The number of ether oxygens (including phenoxy) is 2. The molecule has 4 atom stereocenters. The van der Waals surface area contributed by atoms with Gasteiger partial charge in [0.2, 0.25) is 11.8 Å². The Labute approximate surface area is 252 Å². The van der Waals surface area contributed by atoms with E-state index in [0.29, 0.717) is 32.8 Å². The summed E-state index contributed by atoms with van der Waals surface area (Å²) in [5, 5.41) is 13.5. The summed E-state index contributed by atoms with van der Waals surface area (Å²) in [6, 6.07) is 6.70. The van der Waals surface area contributed by atoms with Gasteiger partial charge in [-0.25, -0.2) is 4.98 Å². The Bertz CT molecular complexity index is 1230. The molecule has 0 bridgehead atoms. The number of benzene rings is 1. The number of ketones is 1. The maximum atomic E-state index is 14.0. The second-order valence-electron chi connectivity index (χ2n) is 12.3. The minimum absolute atomic E-state index is 0.0341. The van der Waals surface area contributed by atoms with E-state index < -0.39 is 29.5 Å². The van der Waals surface area contributed by atoms with Crippen molar-refractivity contribution in [3.63, 3.8) is 0 Å². The molecule has 3 heterocycles. The highest BCUT2D eigenvalue weighted by Crippen LogP contribution is 2.34. The highest BCUT2D eigenvalue weighted by Gasteiger charge is 2.45. The van der Waals surface area contributed by atoms with E-state index in [9.17, 15) is 19.5 Å². The molecule has 0 aliphatic carbocycles. The fraction of sp³-hybridized carbons (Fsp3) is 0.613. The molecule has 1 aromatic carbocycles. The normalized spacial score (nSPS) is 22.2. The number of methoxy groups -OCH3 is 1. The van der Waals surface area contributed by atoms with E-state index in [0.717, 1.165) is 21.7 Å². The summed E-state index contributed by atoms with van der Waals surface area (Å²) in [6.07, 6.45) is -0.612. The van der Waals surface area contributed by atoms with Crippen LogP contribution in [0.1, 0.15) is 44.9 Å². The van der Waals surface area contributed by atoms with Gasteiger partial charge in [0.05, 0.1) is 48.0 Å². The Morgan fingerprint density at radius 2 is 1.95 bits per heavy atom. The SMILES string of the molecule is COCCN1CCOC[C@@H]1C(=O)C[C@H](C(=O)N1C[C@H](O)C[C@H]1C(=O)NCc1ccc(-c2scnc2C)cc1)C(C)(C)C.